The average Bonchev–Trinajstić information content (AvgIpc) is 3.17. The summed E-state index contributed by atoms with van der Waals surface area (Å²) in [5, 5.41) is 4.48. The lowest BCUT2D eigenvalue weighted by atomic mass is 10.1. The molecule has 1 saturated heterocycles. The molecule has 0 radical (unpaired) electrons. The van der Waals surface area contributed by atoms with Gasteiger partial charge in [-0.05, 0) is 29.7 Å². The van der Waals surface area contributed by atoms with E-state index in [9.17, 15) is 9.18 Å². The zero-order valence-corrected chi connectivity index (χ0v) is 16.4. The van der Waals surface area contributed by atoms with Crippen LogP contribution in [-0.2, 0) is 17.7 Å². The third-order valence-electron chi connectivity index (χ3n) is 5.28. The Labute approximate surface area is 169 Å². The number of hydrogen-bond donors (Lipinski definition) is 0. The highest BCUT2D eigenvalue weighted by Crippen LogP contribution is 2.24. The number of hydrogen-bond acceptors (Lipinski definition) is 3. The van der Waals surface area contributed by atoms with E-state index in [4.69, 9.17) is 4.74 Å². The van der Waals surface area contributed by atoms with Crippen LogP contribution in [0.25, 0.3) is 0 Å². The zero-order valence-electron chi connectivity index (χ0n) is 16.4. The first-order chi connectivity index (χ1) is 14.2. The van der Waals surface area contributed by atoms with Crippen molar-refractivity contribution in [2.75, 3.05) is 19.7 Å². The monoisotopic (exact) mass is 393 g/mol. The molecule has 1 unspecified atom stereocenters. The number of halogens is 1. The van der Waals surface area contributed by atoms with Gasteiger partial charge >= 0.3 is 0 Å². The van der Waals surface area contributed by atoms with Gasteiger partial charge in [0.2, 0.25) is 0 Å². The number of carbonyl (C=O) groups excluding carboxylic acids is 1. The molecule has 1 aliphatic heterocycles. The number of nitrogens with zero attached hydrogens (tertiary/aromatic N) is 3. The Hall–Kier alpha value is -2.99. The summed E-state index contributed by atoms with van der Waals surface area (Å²) in [7, 11) is 0. The number of rotatable bonds is 5. The number of carbonyl (C=O) groups is 1. The summed E-state index contributed by atoms with van der Waals surface area (Å²) < 4.78 is 20.9. The number of aromatic nitrogens is 2. The Morgan fingerprint density at radius 3 is 2.66 bits per heavy atom. The van der Waals surface area contributed by atoms with Crippen LogP contribution in [0.3, 0.4) is 0 Å². The van der Waals surface area contributed by atoms with E-state index in [-0.39, 0.29) is 17.8 Å². The van der Waals surface area contributed by atoms with E-state index >= 15 is 0 Å². The predicted molar refractivity (Wildman–Crippen MR) is 108 cm³/mol. The van der Waals surface area contributed by atoms with Crippen molar-refractivity contribution < 1.29 is 13.9 Å². The van der Waals surface area contributed by atoms with Crippen LogP contribution in [0.2, 0.25) is 0 Å². The topological polar surface area (TPSA) is 47.4 Å². The fourth-order valence-electron chi connectivity index (χ4n) is 3.74. The second-order valence-corrected chi connectivity index (χ2v) is 7.16. The standard InChI is InChI=1S/C23H24FN3O2/c1-2-21-20(14-25-27(21)15-17-6-4-3-5-7-17)23(28)26-12-13-29-22(16-26)18-8-10-19(24)11-9-18/h3-11,14,22H,2,12-13,15-16H2,1H3. The normalized spacial score (nSPS) is 16.8. The highest BCUT2D eigenvalue weighted by molar-refractivity contribution is 5.95. The summed E-state index contributed by atoms with van der Waals surface area (Å²) in [6, 6.07) is 16.4. The SMILES string of the molecule is CCc1c(C(=O)N2CCOC(c3ccc(F)cc3)C2)cnn1Cc1ccccc1. The molecule has 6 heteroatoms. The van der Waals surface area contributed by atoms with Crippen molar-refractivity contribution >= 4 is 5.91 Å². The Balaban J connectivity index is 1.52. The highest BCUT2D eigenvalue weighted by Gasteiger charge is 2.28. The summed E-state index contributed by atoms with van der Waals surface area (Å²) in [5.74, 6) is -0.313. The molecule has 29 heavy (non-hydrogen) atoms. The molecular weight excluding hydrogens is 369 g/mol. The van der Waals surface area contributed by atoms with Crippen molar-refractivity contribution in [2.45, 2.75) is 26.0 Å². The lowest BCUT2D eigenvalue weighted by Gasteiger charge is -2.33. The maximum Gasteiger partial charge on any atom is 0.257 e. The van der Waals surface area contributed by atoms with Gasteiger partial charge in [-0.1, -0.05) is 49.4 Å². The van der Waals surface area contributed by atoms with Gasteiger partial charge in [0, 0.05) is 6.54 Å². The molecule has 0 bridgehead atoms. The lowest BCUT2D eigenvalue weighted by molar-refractivity contribution is -0.0228. The van der Waals surface area contributed by atoms with Gasteiger partial charge in [0.25, 0.3) is 5.91 Å². The predicted octanol–water partition coefficient (Wildman–Crippen LogP) is 3.85. The minimum absolute atomic E-state index is 0.0310. The van der Waals surface area contributed by atoms with E-state index in [1.807, 2.05) is 29.8 Å². The van der Waals surface area contributed by atoms with Crippen LogP contribution in [0.5, 0.6) is 0 Å². The minimum atomic E-state index is -0.282. The van der Waals surface area contributed by atoms with Gasteiger partial charge in [-0.3, -0.25) is 9.48 Å². The van der Waals surface area contributed by atoms with Gasteiger partial charge in [-0.2, -0.15) is 5.10 Å². The number of ether oxygens (including phenoxy) is 1. The van der Waals surface area contributed by atoms with Crippen molar-refractivity contribution in [3.63, 3.8) is 0 Å². The number of morpholine rings is 1. The molecule has 1 fully saturated rings. The molecule has 0 spiro atoms. The molecular formula is C23H24FN3O2. The third-order valence-corrected chi connectivity index (χ3v) is 5.28. The molecule has 1 amide bonds. The van der Waals surface area contributed by atoms with Crippen LogP contribution >= 0.6 is 0 Å². The second-order valence-electron chi connectivity index (χ2n) is 7.16. The third kappa shape index (κ3) is 4.22. The van der Waals surface area contributed by atoms with E-state index in [1.165, 1.54) is 12.1 Å². The molecule has 2 aromatic carbocycles. The van der Waals surface area contributed by atoms with Crippen LogP contribution in [0.1, 0.15) is 40.2 Å². The van der Waals surface area contributed by atoms with Crippen molar-refractivity contribution in [3.8, 4) is 0 Å². The van der Waals surface area contributed by atoms with Crippen LogP contribution in [0.15, 0.2) is 60.8 Å². The lowest BCUT2D eigenvalue weighted by Crippen LogP contribution is -2.42. The molecule has 1 aliphatic rings. The summed E-state index contributed by atoms with van der Waals surface area (Å²) in [4.78, 5) is 15.0. The maximum atomic E-state index is 13.2. The molecule has 5 nitrogen and oxygen atoms in total. The van der Waals surface area contributed by atoms with Gasteiger partial charge in [0.05, 0.1) is 37.2 Å². The second kappa shape index (κ2) is 8.57. The van der Waals surface area contributed by atoms with E-state index in [0.29, 0.717) is 31.8 Å². The average molecular weight is 393 g/mol. The maximum absolute atomic E-state index is 13.2. The Kier molecular flexibility index (Phi) is 5.71. The van der Waals surface area contributed by atoms with Gasteiger partial charge in [-0.25, -0.2) is 4.39 Å². The minimum Gasteiger partial charge on any atom is -0.370 e. The fraction of sp³-hybridized carbons (Fsp3) is 0.304. The van der Waals surface area contributed by atoms with E-state index < -0.39 is 0 Å². The summed E-state index contributed by atoms with van der Waals surface area (Å²) in [6.45, 7) is 4.10. The van der Waals surface area contributed by atoms with Crippen LogP contribution in [-0.4, -0.2) is 40.3 Å². The van der Waals surface area contributed by atoms with Crippen LogP contribution < -0.4 is 0 Å². The first-order valence-electron chi connectivity index (χ1n) is 9.90. The first-order valence-corrected chi connectivity index (χ1v) is 9.90. The van der Waals surface area contributed by atoms with Crippen molar-refractivity contribution in [3.05, 3.63) is 89.0 Å². The Morgan fingerprint density at radius 2 is 1.93 bits per heavy atom. The summed E-state index contributed by atoms with van der Waals surface area (Å²) >= 11 is 0. The molecule has 0 saturated carbocycles. The van der Waals surface area contributed by atoms with Gasteiger partial charge in [0.15, 0.2) is 0 Å². The molecule has 1 atom stereocenters. The van der Waals surface area contributed by atoms with Crippen molar-refractivity contribution in [2.24, 2.45) is 0 Å². The van der Waals surface area contributed by atoms with Gasteiger partial charge < -0.3 is 9.64 Å². The first kappa shape index (κ1) is 19.3. The number of amides is 1. The Bertz CT molecular complexity index is 970. The number of benzene rings is 2. The largest absolute Gasteiger partial charge is 0.370 e. The van der Waals surface area contributed by atoms with E-state index in [2.05, 4.69) is 17.2 Å². The molecule has 0 N–H and O–H groups in total. The zero-order chi connectivity index (χ0) is 20.2. The molecule has 150 valence electrons. The highest BCUT2D eigenvalue weighted by atomic mass is 19.1. The van der Waals surface area contributed by atoms with Gasteiger partial charge in [0.1, 0.15) is 11.9 Å². The Morgan fingerprint density at radius 1 is 1.17 bits per heavy atom. The molecule has 4 rings (SSSR count). The smallest absolute Gasteiger partial charge is 0.257 e. The quantitative estimate of drug-likeness (QED) is 0.662. The van der Waals surface area contributed by atoms with Crippen LogP contribution in [0, 0.1) is 5.82 Å². The summed E-state index contributed by atoms with van der Waals surface area (Å²) in [6.07, 6.45) is 2.14. The van der Waals surface area contributed by atoms with Crippen LogP contribution in [0.4, 0.5) is 4.39 Å². The van der Waals surface area contributed by atoms with Crippen molar-refractivity contribution in [1.82, 2.24) is 14.7 Å². The van der Waals surface area contributed by atoms with E-state index in [0.717, 1.165) is 23.2 Å². The fourth-order valence-corrected chi connectivity index (χ4v) is 3.74. The molecule has 1 aromatic heterocycles. The van der Waals surface area contributed by atoms with E-state index in [1.54, 1.807) is 23.2 Å². The molecule has 2 heterocycles. The summed E-state index contributed by atoms with van der Waals surface area (Å²) in [5.41, 5.74) is 3.60. The molecule has 0 aliphatic carbocycles. The van der Waals surface area contributed by atoms with Crippen molar-refractivity contribution in [1.29, 1.82) is 0 Å². The van der Waals surface area contributed by atoms with Gasteiger partial charge in [-0.15, -0.1) is 0 Å². The molecule has 3 aromatic rings.